The lowest BCUT2D eigenvalue weighted by atomic mass is 10.1. The Labute approximate surface area is 112 Å². The second-order valence-corrected chi connectivity index (χ2v) is 4.17. The van der Waals surface area contributed by atoms with Gasteiger partial charge in [-0.1, -0.05) is 19.1 Å². The van der Waals surface area contributed by atoms with E-state index in [1.54, 1.807) is 7.11 Å². The van der Waals surface area contributed by atoms with Crippen LogP contribution in [0.1, 0.15) is 24.5 Å². The number of methoxy groups -OCH3 is 1. The van der Waals surface area contributed by atoms with Crippen LogP contribution >= 0.6 is 0 Å². The molecule has 0 radical (unpaired) electrons. The molecule has 5 nitrogen and oxygen atoms in total. The van der Waals surface area contributed by atoms with E-state index in [4.69, 9.17) is 9.84 Å². The highest BCUT2D eigenvalue weighted by atomic mass is 16.5. The standard InChI is InChI=1S/C14H19NO4/c1-3-11-8-10(4-5-12(11)19-2)6-7-15-13(16)9-14(17)18/h4-5,8H,3,6-7,9H2,1-2H3,(H,15,16)(H,17,18). The zero-order valence-corrected chi connectivity index (χ0v) is 11.2. The van der Waals surface area contributed by atoms with Gasteiger partial charge < -0.3 is 15.2 Å². The Hall–Kier alpha value is -2.04. The summed E-state index contributed by atoms with van der Waals surface area (Å²) >= 11 is 0. The summed E-state index contributed by atoms with van der Waals surface area (Å²) in [5.41, 5.74) is 2.21. The minimum Gasteiger partial charge on any atom is -0.496 e. The molecule has 0 spiro atoms. The van der Waals surface area contributed by atoms with Gasteiger partial charge >= 0.3 is 5.97 Å². The van der Waals surface area contributed by atoms with Gasteiger partial charge in [0.05, 0.1) is 7.11 Å². The van der Waals surface area contributed by atoms with E-state index in [0.29, 0.717) is 13.0 Å². The zero-order chi connectivity index (χ0) is 14.3. The fourth-order valence-electron chi connectivity index (χ4n) is 1.81. The second-order valence-electron chi connectivity index (χ2n) is 4.17. The van der Waals surface area contributed by atoms with E-state index in [2.05, 4.69) is 12.2 Å². The number of carboxylic acid groups (broad SMARTS) is 1. The molecule has 104 valence electrons. The van der Waals surface area contributed by atoms with Gasteiger partial charge in [0.15, 0.2) is 0 Å². The van der Waals surface area contributed by atoms with Crippen molar-refractivity contribution in [3.63, 3.8) is 0 Å². The lowest BCUT2D eigenvalue weighted by Gasteiger charge is -2.09. The molecule has 19 heavy (non-hydrogen) atoms. The summed E-state index contributed by atoms with van der Waals surface area (Å²) in [4.78, 5) is 21.5. The second kappa shape index (κ2) is 7.41. The van der Waals surface area contributed by atoms with Crippen molar-refractivity contribution in [2.75, 3.05) is 13.7 Å². The number of nitrogens with one attached hydrogen (secondary N) is 1. The first-order valence-electron chi connectivity index (χ1n) is 6.21. The van der Waals surface area contributed by atoms with Crippen LogP contribution in [-0.4, -0.2) is 30.6 Å². The Morgan fingerprint density at radius 1 is 1.37 bits per heavy atom. The van der Waals surface area contributed by atoms with Gasteiger partial charge in [0, 0.05) is 6.54 Å². The van der Waals surface area contributed by atoms with Crippen LogP contribution in [0.25, 0.3) is 0 Å². The SMILES string of the molecule is CCc1cc(CCNC(=O)CC(=O)O)ccc1OC. The summed E-state index contributed by atoms with van der Waals surface area (Å²) < 4.78 is 5.24. The van der Waals surface area contributed by atoms with E-state index in [9.17, 15) is 9.59 Å². The molecular formula is C14H19NO4. The van der Waals surface area contributed by atoms with Gasteiger partial charge in [-0.25, -0.2) is 0 Å². The largest absolute Gasteiger partial charge is 0.496 e. The van der Waals surface area contributed by atoms with E-state index >= 15 is 0 Å². The first-order chi connectivity index (χ1) is 9.06. The number of aryl methyl sites for hydroxylation is 1. The molecule has 0 atom stereocenters. The number of hydrogen-bond acceptors (Lipinski definition) is 3. The quantitative estimate of drug-likeness (QED) is 0.730. The van der Waals surface area contributed by atoms with Crippen LogP contribution in [0.3, 0.4) is 0 Å². The number of carbonyl (C=O) groups excluding carboxylic acids is 1. The molecule has 0 unspecified atom stereocenters. The van der Waals surface area contributed by atoms with E-state index in [0.717, 1.165) is 23.3 Å². The van der Waals surface area contributed by atoms with Crippen molar-refractivity contribution < 1.29 is 19.4 Å². The van der Waals surface area contributed by atoms with Gasteiger partial charge in [0.2, 0.25) is 5.91 Å². The zero-order valence-electron chi connectivity index (χ0n) is 11.2. The van der Waals surface area contributed by atoms with E-state index in [-0.39, 0.29) is 0 Å². The number of ether oxygens (including phenoxy) is 1. The molecule has 1 aromatic rings. The van der Waals surface area contributed by atoms with E-state index in [1.807, 2.05) is 18.2 Å². The predicted molar refractivity (Wildman–Crippen MR) is 71.3 cm³/mol. The van der Waals surface area contributed by atoms with Crippen LogP contribution in [0, 0.1) is 0 Å². The first-order valence-corrected chi connectivity index (χ1v) is 6.21. The van der Waals surface area contributed by atoms with Crippen molar-refractivity contribution in [3.8, 4) is 5.75 Å². The molecule has 0 bridgehead atoms. The van der Waals surface area contributed by atoms with Crippen molar-refractivity contribution in [1.82, 2.24) is 5.32 Å². The van der Waals surface area contributed by atoms with Gasteiger partial charge in [-0.05, 0) is 30.0 Å². The molecule has 0 aliphatic carbocycles. The average Bonchev–Trinajstić information content (AvgIpc) is 2.37. The maximum Gasteiger partial charge on any atom is 0.312 e. The van der Waals surface area contributed by atoms with Crippen LogP contribution < -0.4 is 10.1 Å². The van der Waals surface area contributed by atoms with Crippen molar-refractivity contribution >= 4 is 11.9 Å². The van der Waals surface area contributed by atoms with Crippen LogP contribution in [0.2, 0.25) is 0 Å². The molecule has 1 aromatic carbocycles. The lowest BCUT2D eigenvalue weighted by molar-refractivity contribution is -0.140. The third-order valence-electron chi connectivity index (χ3n) is 2.77. The molecule has 0 aliphatic heterocycles. The van der Waals surface area contributed by atoms with E-state index in [1.165, 1.54) is 0 Å². The number of rotatable bonds is 7. The fraction of sp³-hybridized carbons (Fsp3) is 0.429. The fourth-order valence-corrected chi connectivity index (χ4v) is 1.81. The highest BCUT2D eigenvalue weighted by Crippen LogP contribution is 2.20. The lowest BCUT2D eigenvalue weighted by Crippen LogP contribution is -2.27. The Kier molecular flexibility index (Phi) is 5.85. The van der Waals surface area contributed by atoms with Crippen LogP contribution in [-0.2, 0) is 22.4 Å². The van der Waals surface area contributed by atoms with Crippen molar-refractivity contribution in [2.24, 2.45) is 0 Å². The third-order valence-corrected chi connectivity index (χ3v) is 2.77. The van der Waals surface area contributed by atoms with Crippen LogP contribution in [0.5, 0.6) is 5.75 Å². The molecular weight excluding hydrogens is 246 g/mol. The number of carbonyl (C=O) groups is 2. The maximum atomic E-state index is 11.2. The molecule has 1 rings (SSSR count). The number of carboxylic acids is 1. The van der Waals surface area contributed by atoms with Crippen molar-refractivity contribution in [2.45, 2.75) is 26.2 Å². The minimum atomic E-state index is -1.12. The topological polar surface area (TPSA) is 75.6 Å². The summed E-state index contributed by atoms with van der Waals surface area (Å²) in [7, 11) is 1.64. The third kappa shape index (κ3) is 4.99. The highest BCUT2D eigenvalue weighted by molar-refractivity contribution is 5.93. The molecule has 0 aliphatic rings. The number of amides is 1. The van der Waals surface area contributed by atoms with Crippen molar-refractivity contribution in [1.29, 1.82) is 0 Å². The number of benzene rings is 1. The molecule has 0 saturated carbocycles. The maximum absolute atomic E-state index is 11.2. The molecule has 0 fully saturated rings. The highest BCUT2D eigenvalue weighted by Gasteiger charge is 2.07. The Balaban J connectivity index is 2.49. The number of aliphatic carboxylic acids is 1. The smallest absolute Gasteiger partial charge is 0.312 e. The summed E-state index contributed by atoms with van der Waals surface area (Å²) in [6, 6.07) is 5.90. The van der Waals surface area contributed by atoms with Gasteiger partial charge in [0.1, 0.15) is 12.2 Å². The monoisotopic (exact) mass is 265 g/mol. The van der Waals surface area contributed by atoms with Gasteiger partial charge in [0.25, 0.3) is 0 Å². The van der Waals surface area contributed by atoms with E-state index < -0.39 is 18.3 Å². The van der Waals surface area contributed by atoms with Gasteiger partial charge in [-0.2, -0.15) is 0 Å². The molecule has 5 heteroatoms. The average molecular weight is 265 g/mol. The van der Waals surface area contributed by atoms with Gasteiger partial charge in [-0.15, -0.1) is 0 Å². The molecule has 0 heterocycles. The summed E-state index contributed by atoms with van der Waals surface area (Å²) in [5.74, 6) is -0.715. The predicted octanol–water partition coefficient (Wildman–Crippen LogP) is 1.39. The molecule has 2 N–H and O–H groups in total. The molecule has 0 aromatic heterocycles. The first kappa shape index (κ1) is 15.0. The normalized spacial score (nSPS) is 10.0. The summed E-state index contributed by atoms with van der Waals surface area (Å²) in [6.07, 6.45) is 1.06. The summed E-state index contributed by atoms with van der Waals surface area (Å²) in [5, 5.41) is 11.0. The Bertz CT molecular complexity index is 457. The molecule has 0 saturated heterocycles. The van der Waals surface area contributed by atoms with Crippen molar-refractivity contribution in [3.05, 3.63) is 29.3 Å². The summed E-state index contributed by atoms with van der Waals surface area (Å²) in [6.45, 7) is 2.48. The molecule has 1 amide bonds. The van der Waals surface area contributed by atoms with Crippen LogP contribution in [0.15, 0.2) is 18.2 Å². The number of hydrogen-bond donors (Lipinski definition) is 2. The Morgan fingerprint density at radius 3 is 2.68 bits per heavy atom. The Morgan fingerprint density at radius 2 is 2.11 bits per heavy atom. The minimum absolute atomic E-state index is 0.432. The van der Waals surface area contributed by atoms with Gasteiger partial charge in [-0.3, -0.25) is 9.59 Å². The van der Waals surface area contributed by atoms with Crippen LogP contribution in [0.4, 0.5) is 0 Å².